The van der Waals surface area contributed by atoms with Crippen LogP contribution in [0, 0.1) is 0 Å². The molecule has 1 amide bonds. The number of ether oxygens (including phenoxy) is 2. The lowest BCUT2D eigenvalue weighted by Crippen LogP contribution is -2.45. The number of carbonyl (C=O) groups is 1. The molecule has 0 radical (unpaired) electrons. The van der Waals surface area contributed by atoms with Gasteiger partial charge in [0.2, 0.25) is 5.91 Å². The Morgan fingerprint density at radius 1 is 1.42 bits per heavy atom. The maximum Gasteiger partial charge on any atom is 0.241 e. The highest BCUT2D eigenvalue weighted by atomic mass is 79.9. The molecular formula is C13H19BrN2O3. The maximum atomic E-state index is 11.8. The van der Waals surface area contributed by atoms with Gasteiger partial charge in [-0.2, -0.15) is 0 Å². The Bertz CT molecular complexity index is 397. The van der Waals surface area contributed by atoms with Crippen LogP contribution in [-0.4, -0.2) is 50.8 Å². The Morgan fingerprint density at radius 2 is 2.05 bits per heavy atom. The van der Waals surface area contributed by atoms with Crippen molar-refractivity contribution < 1.29 is 14.3 Å². The summed E-state index contributed by atoms with van der Waals surface area (Å²) in [6.07, 6.45) is 0. The summed E-state index contributed by atoms with van der Waals surface area (Å²) in [6, 6.07) is 6.91. The number of nitrogens with zero attached hydrogens (tertiary/aromatic N) is 1. The molecule has 0 spiro atoms. The molecule has 1 rings (SSSR count). The van der Waals surface area contributed by atoms with Gasteiger partial charge in [-0.05, 0) is 24.3 Å². The SMILES string of the molecule is COCC(N)C(=O)N(C)CCOc1ccc(Br)cc1. The number of methoxy groups -OCH3 is 1. The quantitative estimate of drug-likeness (QED) is 0.817. The maximum absolute atomic E-state index is 11.8. The monoisotopic (exact) mass is 330 g/mol. The second-order valence-electron chi connectivity index (χ2n) is 4.12. The van der Waals surface area contributed by atoms with Gasteiger partial charge in [0.25, 0.3) is 0 Å². The summed E-state index contributed by atoms with van der Waals surface area (Å²) >= 11 is 3.35. The van der Waals surface area contributed by atoms with Gasteiger partial charge in [0, 0.05) is 18.6 Å². The van der Waals surface area contributed by atoms with E-state index in [-0.39, 0.29) is 12.5 Å². The van der Waals surface area contributed by atoms with Gasteiger partial charge in [-0.25, -0.2) is 0 Å². The Labute approximate surface area is 121 Å². The average molecular weight is 331 g/mol. The molecule has 1 aromatic carbocycles. The van der Waals surface area contributed by atoms with Gasteiger partial charge in [-0.3, -0.25) is 4.79 Å². The Balaban J connectivity index is 2.32. The van der Waals surface area contributed by atoms with E-state index in [1.54, 1.807) is 11.9 Å². The van der Waals surface area contributed by atoms with Gasteiger partial charge in [0.15, 0.2) is 0 Å². The van der Waals surface area contributed by atoms with Gasteiger partial charge in [0.1, 0.15) is 18.4 Å². The van der Waals surface area contributed by atoms with E-state index in [4.69, 9.17) is 15.2 Å². The van der Waals surface area contributed by atoms with Crippen LogP contribution in [0.3, 0.4) is 0 Å². The molecule has 6 heteroatoms. The van der Waals surface area contributed by atoms with E-state index >= 15 is 0 Å². The van der Waals surface area contributed by atoms with Crippen molar-refractivity contribution in [2.24, 2.45) is 5.73 Å². The van der Waals surface area contributed by atoms with Crippen molar-refractivity contribution in [3.05, 3.63) is 28.7 Å². The molecule has 0 aliphatic heterocycles. The fraction of sp³-hybridized carbons (Fsp3) is 0.462. The zero-order chi connectivity index (χ0) is 14.3. The number of benzene rings is 1. The number of hydrogen-bond acceptors (Lipinski definition) is 4. The topological polar surface area (TPSA) is 64.8 Å². The zero-order valence-corrected chi connectivity index (χ0v) is 12.7. The molecule has 0 bridgehead atoms. The van der Waals surface area contributed by atoms with Crippen molar-refractivity contribution in [3.8, 4) is 5.75 Å². The molecule has 19 heavy (non-hydrogen) atoms. The largest absolute Gasteiger partial charge is 0.492 e. The standard InChI is InChI=1S/C13H19BrN2O3/c1-16(13(17)12(15)9-18-2)7-8-19-11-5-3-10(14)4-6-11/h3-6,12H,7-9,15H2,1-2H3. The lowest BCUT2D eigenvalue weighted by atomic mass is 10.3. The first-order valence-corrected chi connectivity index (χ1v) is 6.71. The number of rotatable bonds is 7. The lowest BCUT2D eigenvalue weighted by molar-refractivity contribution is -0.132. The van der Waals surface area contributed by atoms with Gasteiger partial charge in [-0.15, -0.1) is 0 Å². The molecule has 0 aliphatic carbocycles. The summed E-state index contributed by atoms with van der Waals surface area (Å²) in [7, 11) is 3.21. The van der Waals surface area contributed by atoms with Gasteiger partial charge in [-0.1, -0.05) is 15.9 Å². The highest BCUT2D eigenvalue weighted by molar-refractivity contribution is 9.10. The third kappa shape index (κ3) is 5.59. The molecule has 0 aliphatic rings. The second-order valence-corrected chi connectivity index (χ2v) is 5.04. The summed E-state index contributed by atoms with van der Waals surface area (Å²) < 4.78 is 11.4. The average Bonchev–Trinajstić information content (AvgIpc) is 2.40. The second kappa shape index (κ2) is 8.14. The minimum absolute atomic E-state index is 0.152. The molecule has 0 aromatic heterocycles. The van der Waals surface area contributed by atoms with Crippen molar-refractivity contribution in [1.82, 2.24) is 4.90 Å². The molecule has 1 aromatic rings. The molecule has 5 nitrogen and oxygen atoms in total. The predicted octanol–water partition coefficient (Wildman–Crippen LogP) is 1.26. The van der Waals surface area contributed by atoms with Crippen molar-refractivity contribution in [1.29, 1.82) is 0 Å². The summed E-state index contributed by atoms with van der Waals surface area (Å²) in [5.74, 6) is 0.617. The first-order chi connectivity index (χ1) is 9.04. The fourth-order valence-electron chi connectivity index (χ4n) is 1.48. The molecule has 1 atom stereocenters. The minimum Gasteiger partial charge on any atom is -0.492 e. The van der Waals surface area contributed by atoms with E-state index in [9.17, 15) is 4.79 Å². The summed E-state index contributed by atoms with van der Waals surface area (Å²) in [6.45, 7) is 1.12. The predicted molar refractivity (Wildman–Crippen MR) is 77.1 cm³/mol. The Kier molecular flexibility index (Phi) is 6.83. The Hall–Kier alpha value is -1.11. The number of likely N-dealkylation sites (N-methyl/N-ethyl adjacent to an activating group) is 1. The van der Waals surface area contributed by atoms with Crippen LogP contribution in [-0.2, 0) is 9.53 Å². The number of amides is 1. The molecule has 0 saturated carbocycles. The van der Waals surface area contributed by atoms with E-state index < -0.39 is 6.04 Å². The third-order valence-electron chi connectivity index (χ3n) is 2.55. The van der Waals surface area contributed by atoms with Gasteiger partial charge < -0.3 is 20.1 Å². The molecule has 0 heterocycles. The van der Waals surface area contributed by atoms with Gasteiger partial charge in [0.05, 0.1) is 13.2 Å². The van der Waals surface area contributed by atoms with E-state index in [0.29, 0.717) is 13.2 Å². The number of hydrogen-bond donors (Lipinski definition) is 1. The summed E-state index contributed by atoms with van der Waals surface area (Å²) in [5.41, 5.74) is 5.67. The molecule has 1 unspecified atom stereocenters. The first-order valence-electron chi connectivity index (χ1n) is 5.92. The van der Waals surface area contributed by atoms with Crippen LogP contribution >= 0.6 is 15.9 Å². The van der Waals surface area contributed by atoms with Crippen LogP contribution in [0.5, 0.6) is 5.75 Å². The summed E-state index contributed by atoms with van der Waals surface area (Å²) in [5, 5.41) is 0. The van der Waals surface area contributed by atoms with Crippen LogP contribution < -0.4 is 10.5 Å². The number of nitrogens with two attached hydrogens (primary N) is 1. The van der Waals surface area contributed by atoms with E-state index in [1.165, 1.54) is 7.11 Å². The van der Waals surface area contributed by atoms with Gasteiger partial charge >= 0.3 is 0 Å². The van der Waals surface area contributed by atoms with Crippen LogP contribution in [0.1, 0.15) is 0 Å². The van der Waals surface area contributed by atoms with Crippen LogP contribution in [0.4, 0.5) is 0 Å². The highest BCUT2D eigenvalue weighted by Gasteiger charge is 2.17. The first kappa shape index (κ1) is 15.9. The molecule has 2 N–H and O–H groups in total. The van der Waals surface area contributed by atoms with Crippen molar-refractivity contribution in [2.75, 3.05) is 33.9 Å². The molecular weight excluding hydrogens is 312 g/mol. The summed E-state index contributed by atoms with van der Waals surface area (Å²) in [4.78, 5) is 13.3. The zero-order valence-electron chi connectivity index (χ0n) is 11.1. The molecule has 106 valence electrons. The van der Waals surface area contributed by atoms with E-state index in [1.807, 2.05) is 24.3 Å². The Morgan fingerprint density at radius 3 is 2.63 bits per heavy atom. The van der Waals surface area contributed by atoms with Crippen LogP contribution in [0.2, 0.25) is 0 Å². The smallest absolute Gasteiger partial charge is 0.241 e. The molecule has 0 saturated heterocycles. The normalized spacial score (nSPS) is 12.0. The van der Waals surface area contributed by atoms with Crippen LogP contribution in [0.15, 0.2) is 28.7 Å². The fourth-order valence-corrected chi connectivity index (χ4v) is 1.74. The van der Waals surface area contributed by atoms with Crippen molar-refractivity contribution in [2.45, 2.75) is 6.04 Å². The lowest BCUT2D eigenvalue weighted by Gasteiger charge is -2.21. The van der Waals surface area contributed by atoms with Crippen molar-refractivity contribution in [3.63, 3.8) is 0 Å². The van der Waals surface area contributed by atoms with Crippen LogP contribution in [0.25, 0.3) is 0 Å². The van der Waals surface area contributed by atoms with Crippen molar-refractivity contribution >= 4 is 21.8 Å². The van der Waals surface area contributed by atoms with E-state index in [2.05, 4.69) is 15.9 Å². The van der Waals surface area contributed by atoms with E-state index in [0.717, 1.165) is 10.2 Å². The number of carbonyl (C=O) groups excluding carboxylic acids is 1. The molecule has 0 fully saturated rings. The third-order valence-corrected chi connectivity index (χ3v) is 3.08. The highest BCUT2D eigenvalue weighted by Crippen LogP contribution is 2.15. The minimum atomic E-state index is -0.623. The number of halogens is 1.